The van der Waals surface area contributed by atoms with E-state index in [1.54, 1.807) is 99.0 Å². The van der Waals surface area contributed by atoms with Crippen molar-refractivity contribution in [3.05, 3.63) is 118 Å². The van der Waals surface area contributed by atoms with Crippen molar-refractivity contribution in [3.63, 3.8) is 0 Å². The second kappa shape index (κ2) is 15.3. The molecule has 11 heteroatoms. The van der Waals surface area contributed by atoms with Crippen molar-refractivity contribution in [1.82, 2.24) is 5.32 Å². The second-order valence-electron chi connectivity index (χ2n) is 9.34. The van der Waals surface area contributed by atoms with Crippen LogP contribution in [0.25, 0.3) is 6.08 Å². The Labute approximate surface area is 269 Å². The maximum Gasteiger partial charge on any atom is 0.272 e. The number of methoxy groups -OCH3 is 2. The molecule has 0 aromatic heterocycles. The molecule has 44 heavy (non-hydrogen) atoms. The van der Waals surface area contributed by atoms with Gasteiger partial charge in [0.25, 0.3) is 11.8 Å². The molecule has 0 aliphatic carbocycles. The van der Waals surface area contributed by atoms with Crippen LogP contribution in [0.5, 0.6) is 11.5 Å². The third kappa shape index (κ3) is 8.79. The highest BCUT2D eigenvalue weighted by Gasteiger charge is 2.19. The maximum absolute atomic E-state index is 13.5. The van der Waals surface area contributed by atoms with E-state index < -0.39 is 17.1 Å². The molecule has 0 saturated carbocycles. The SMILES string of the molecule is COc1ccc(NC(=O)C(C)Sc2cccc(NC(=O)/C(=C\c3ccc(Cl)cc3Cl)NC(=O)c3ccccc3)c2)c(OC)c1. The van der Waals surface area contributed by atoms with Crippen LogP contribution in [0.1, 0.15) is 22.8 Å². The summed E-state index contributed by atoms with van der Waals surface area (Å²) in [6, 6.07) is 25.5. The molecule has 0 aliphatic rings. The highest BCUT2D eigenvalue weighted by Crippen LogP contribution is 2.31. The summed E-state index contributed by atoms with van der Waals surface area (Å²) in [5.41, 5.74) is 1.83. The van der Waals surface area contributed by atoms with E-state index >= 15 is 0 Å². The first-order valence-electron chi connectivity index (χ1n) is 13.3. The smallest absolute Gasteiger partial charge is 0.272 e. The van der Waals surface area contributed by atoms with Gasteiger partial charge in [0.1, 0.15) is 17.2 Å². The summed E-state index contributed by atoms with van der Waals surface area (Å²) in [4.78, 5) is 40.1. The predicted octanol–water partition coefficient (Wildman–Crippen LogP) is 7.54. The molecule has 0 spiro atoms. The first-order valence-corrected chi connectivity index (χ1v) is 14.9. The van der Waals surface area contributed by atoms with E-state index in [1.807, 2.05) is 6.07 Å². The number of hydrogen-bond acceptors (Lipinski definition) is 6. The number of hydrogen-bond donors (Lipinski definition) is 3. The quantitative estimate of drug-likeness (QED) is 0.114. The Bertz CT molecular complexity index is 1700. The summed E-state index contributed by atoms with van der Waals surface area (Å²) in [6.45, 7) is 1.77. The lowest BCUT2D eigenvalue weighted by Gasteiger charge is -2.16. The van der Waals surface area contributed by atoms with E-state index in [1.165, 1.54) is 24.9 Å². The van der Waals surface area contributed by atoms with Crippen molar-refractivity contribution < 1.29 is 23.9 Å². The lowest BCUT2D eigenvalue weighted by Crippen LogP contribution is -2.30. The summed E-state index contributed by atoms with van der Waals surface area (Å²) in [7, 11) is 3.07. The molecular formula is C33H29Cl2N3O5S. The Kier molecular flexibility index (Phi) is 11.3. The Morgan fingerprint density at radius 1 is 0.841 bits per heavy atom. The Balaban J connectivity index is 1.49. The lowest BCUT2D eigenvalue weighted by molar-refractivity contribution is -0.115. The monoisotopic (exact) mass is 649 g/mol. The van der Waals surface area contributed by atoms with Gasteiger partial charge in [-0.25, -0.2) is 0 Å². The van der Waals surface area contributed by atoms with E-state index in [0.717, 1.165) is 4.90 Å². The lowest BCUT2D eigenvalue weighted by atomic mass is 10.1. The molecule has 226 valence electrons. The molecule has 3 N–H and O–H groups in total. The molecule has 0 aliphatic heterocycles. The molecule has 0 heterocycles. The molecule has 0 bridgehead atoms. The number of carbonyl (C=O) groups is 3. The number of thioether (sulfide) groups is 1. The summed E-state index contributed by atoms with van der Waals surface area (Å²) in [5.74, 6) is -0.186. The standard InChI is InChI=1S/C33H29Cl2N3O5S/c1-20(31(39)37-28-15-14-25(42-2)19-30(28)43-3)44-26-11-7-10-24(18-26)36-33(41)29(16-22-12-13-23(34)17-27(22)35)38-32(40)21-8-5-4-6-9-21/h4-20H,1-3H3,(H,36,41)(H,37,39)(H,38,40)/b29-16+. The van der Waals surface area contributed by atoms with Crippen molar-refractivity contribution in [1.29, 1.82) is 0 Å². The second-order valence-corrected chi connectivity index (χ2v) is 11.6. The van der Waals surface area contributed by atoms with Crippen molar-refractivity contribution in [3.8, 4) is 11.5 Å². The van der Waals surface area contributed by atoms with E-state index in [-0.39, 0.29) is 11.6 Å². The highest BCUT2D eigenvalue weighted by molar-refractivity contribution is 8.00. The van der Waals surface area contributed by atoms with Crippen LogP contribution >= 0.6 is 35.0 Å². The first-order chi connectivity index (χ1) is 21.2. The van der Waals surface area contributed by atoms with Crippen LogP contribution in [0.3, 0.4) is 0 Å². The van der Waals surface area contributed by atoms with Gasteiger partial charge in [-0.3, -0.25) is 14.4 Å². The average molecular weight is 651 g/mol. The van der Waals surface area contributed by atoms with E-state index in [2.05, 4.69) is 16.0 Å². The Morgan fingerprint density at radius 2 is 1.61 bits per heavy atom. The van der Waals surface area contributed by atoms with Gasteiger partial charge in [-0.2, -0.15) is 0 Å². The largest absolute Gasteiger partial charge is 0.497 e. The normalized spacial score (nSPS) is 11.7. The van der Waals surface area contributed by atoms with Crippen LogP contribution in [0.2, 0.25) is 10.0 Å². The average Bonchev–Trinajstić information content (AvgIpc) is 3.02. The van der Waals surface area contributed by atoms with E-state index in [9.17, 15) is 14.4 Å². The molecule has 0 fully saturated rings. The number of ether oxygens (including phenoxy) is 2. The fourth-order valence-electron chi connectivity index (χ4n) is 3.96. The van der Waals surface area contributed by atoms with Crippen LogP contribution in [0, 0.1) is 0 Å². The minimum absolute atomic E-state index is 0.0256. The molecule has 1 unspecified atom stereocenters. The topological polar surface area (TPSA) is 106 Å². The van der Waals surface area contributed by atoms with Gasteiger partial charge >= 0.3 is 0 Å². The van der Waals surface area contributed by atoms with Crippen molar-refractivity contribution in [2.24, 2.45) is 0 Å². The van der Waals surface area contributed by atoms with Gasteiger partial charge in [-0.05, 0) is 73.2 Å². The molecule has 3 amide bonds. The zero-order chi connectivity index (χ0) is 31.6. The molecular weight excluding hydrogens is 621 g/mol. The van der Waals surface area contributed by atoms with Crippen LogP contribution in [0.15, 0.2) is 102 Å². The Hall–Kier alpha value is -4.44. The summed E-state index contributed by atoms with van der Waals surface area (Å²) in [5, 5.41) is 8.66. The number of carbonyl (C=O) groups excluding carboxylic acids is 3. The summed E-state index contributed by atoms with van der Waals surface area (Å²) >= 11 is 13.7. The van der Waals surface area contributed by atoms with Gasteiger partial charge in [0.2, 0.25) is 5.91 Å². The van der Waals surface area contributed by atoms with E-state index in [4.69, 9.17) is 32.7 Å². The van der Waals surface area contributed by atoms with Crippen molar-refractivity contribution in [2.45, 2.75) is 17.1 Å². The zero-order valence-corrected chi connectivity index (χ0v) is 26.3. The van der Waals surface area contributed by atoms with Crippen LogP contribution in [0.4, 0.5) is 11.4 Å². The number of halogens is 2. The fourth-order valence-corrected chi connectivity index (χ4v) is 5.35. The van der Waals surface area contributed by atoms with Crippen molar-refractivity contribution in [2.75, 3.05) is 24.9 Å². The first kappa shape index (κ1) is 32.5. The third-order valence-electron chi connectivity index (χ3n) is 6.23. The summed E-state index contributed by atoms with van der Waals surface area (Å²) < 4.78 is 10.6. The van der Waals surface area contributed by atoms with Gasteiger partial charge in [0.05, 0.1) is 25.2 Å². The van der Waals surface area contributed by atoms with E-state index in [0.29, 0.717) is 44.0 Å². The number of rotatable bonds is 11. The van der Waals surface area contributed by atoms with Crippen LogP contribution in [-0.2, 0) is 9.59 Å². The van der Waals surface area contributed by atoms with Crippen molar-refractivity contribution >= 4 is 70.1 Å². The number of amides is 3. The zero-order valence-electron chi connectivity index (χ0n) is 24.0. The molecule has 4 aromatic rings. The number of nitrogens with one attached hydrogen (secondary N) is 3. The number of benzene rings is 4. The van der Waals surface area contributed by atoms with Crippen LogP contribution < -0.4 is 25.4 Å². The van der Waals surface area contributed by atoms with Gasteiger partial charge in [-0.1, -0.05) is 53.5 Å². The molecule has 1 atom stereocenters. The van der Waals surface area contributed by atoms with Gasteiger partial charge in [-0.15, -0.1) is 11.8 Å². The third-order valence-corrected chi connectivity index (χ3v) is 7.89. The van der Waals surface area contributed by atoms with Crippen LogP contribution in [-0.4, -0.2) is 37.2 Å². The Morgan fingerprint density at radius 3 is 2.32 bits per heavy atom. The fraction of sp³-hybridized carbons (Fsp3) is 0.121. The summed E-state index contributed by atoms with van der Waals surface area (Å²) in [6.07, 6.45) is 1.48. The van der Waals surface area contributed by atoms with Gasteiger partial charge < -0.3 is 25.4 Å². The minimum Gasteiger partial charge on any atom is -0.497 e. The highest BCUT2D eigenvalue weighted by atomic mass is 35.5. The van der Waals surface area contributed by atoms with Gasteiger partial charge in [0, 0.05) is 32.3 Å². The van der Waals surface area contributed by atoms with Gasteiger partial charge in [0.15, 0.2) is 0 Å². The maximum atomic E-state index is 13.5. The molecule has 0 saturated heterocycles. The molecule has 4 rings (SSSR count). The molecule has 4 aromatic carbocycles. The minimum atomic E-state index is -0.570. The number of anilines is 2. The molecule has 0 radical (unpaired) electrons. The predicted molar refractivity (Wildman–Crippen MR) is 177 cm³/mol. The molecule has 8 nitrogen and oxygen atoms in total.